The number of hydrogen-bond acceptors (Lipinski definition) is 5. The van der Waals surface area contributed by atoms with Crippen LogP contribution in [0.1, 0.15) is 25.0 Å². The molecule has 0 saturated heterocycles. The maximum atomic E-state index is 11.7. The Hall–Kier alpha value is -0.920. The summed E-state index contributed by atoms with van der Waals surface area (Å²) in [5, 5.41) is 6.19. The van der Waals surface area contributed by atoms with Crippen LogP contribution in [0.5, 0.6) is 0 Å². The zero-order valence-corrected chi connectivity index (χ0v) is 20.4. The van der Waals surface area contributed by atoms with E-state index in [1.54, 1.807) is 40.0 Å². The van der Waals surface area contributed by atoms with Crippen LogP contribution in [0.15, 0.2) is 28.1 Å². The molecule has 0 radical (unpaired) electrons. The van der Waals surface area contributed by atoms with Gasteiger partial charge in [-0.25, -0.2) is 21.6 Å². The molecule has 8 nitrogen and oxygen atoms in total. The van der Waals surface area contributed by atoms with E-state index in [0.29, 0.717) is 29.5 Å². The van der Waals surface area contributed by atoms with E-state index in [1.165, 1.54) is 6.26 Å². The molecule has 0 aliphatic heterocycles. The van der Waals surface area contributed by atoms with Crippen molar-refractivity contribution in [1.29, 1.82) is 0 Å². The van der Waals surface area contributed by atoms with Crippen LogP contribution < -0.4 is 15.4 Å². The van der Waals surface area contributed by atoms with Gasteiger partial charge >= 0.3 is 0 Å². The zero-order chi connectivity index (χ0) is 20.2. The van der Waals surface area contributed by atoms with Crippen molar-refractivity contribution in [1.82, 2.24) is 15.4 Å². The minimum Gasteiger partial charge on any atom is -0.355 e. The molecule has 27 heavy (non-hydrogen) atoms. The summed E-state index contributed by atoms with van der Waals surface area (Å²) in [5.74, 6) is 0.512. The van der Waals surface area contributed by atoms with Crippen LogP contribution in [0.3, 0.4) is 0 Å². The number of nitrogens with one attached hydrogen (secondary N) is 3. The number of benzene rings is 1. The van der Waals surface area contributed by atoms with E-state index < -0.39 is 25.4 Å². The largest absolute Gasteiger partial charge is 0.355 e. The summed E-state index contributed by atoms with van der Waals surface area (Å²) in [6.07, 6.45) is 2.30. The molecular weight excluding hydrogens is 503 g/mol. The molecule has 0 heterocycles. The summed E-state index contributed by atoms with van der Waals surface area (Å²) in [7, 11) is -4.94. The van der Waals surface area contributed by atoms with Crippen molar-refractivity contribution in [3.05, 3.63) is 29.3 Å². The predicted molar refractivity (Wildman–Crippen MR) is 120 cm³/mol. The number of rotatable bonds is 7. The van der Waals surface area contributed by atoms with Crippen molar-refractivity contribution in [2.45, 2.75) is 37.8 Å². The molecule has 1 rings (SSSR count). The van der Waals surface area contributed by atoms with E-state index in [9.17, 15) is 16.8 Å². The first kappa shape index (κ1) is 26.1. The van der Waals surface area contributed by atoms with E-state index in [2.05, 4.69) is 20.3 Å². The van der Waals surface area contributed by atoms with Gasteiger partial charge in [0, 0.05) is 31.9 Å². The highest BCUT2D eigenvalue weighted by molar-refractivity contribution is 14.0. The second kappa shape index (κ2) is 10.0. The summed E-state index contributed by atoms with van der Waals surface area (Å²) in [6.45, 7) is 6.08. The van der Waals surface area contributed by atoms with Crippen LogP contribution >= 0.6 is 24.0 Å². The van der Waals surface area contributed by atoms with Gasteiger partial charge in [0.2, 0.25) is 10.0 Å². The molecule has 0 aromatic heterocycles. The third-order valence-corrected chi connectivity index (χ3v) is 5.66. The Morgan fingerprint density at radius 2 is 1.70 bits per heavy atom. The van der Waals surface area contributed by atoms with E-state index >= 15 is 0 Å². The molecule has 0 atom stereocenters. The Balaban J connectivity index is 0.00000676. The molecule has 11 heteroatoms. The normalized spacial score (nSPS) is 13.0. The van der Waals surface area contributed by atoms with Crippen molar-refractivity contribution in [2.75, 3.05) is 26.1 Å². The molecule has 0 saturated carbocycles. The van der Waals surface area contributed by atoms with Crippen molar-refractivity contribution in [3.63, 3.8) is 0 Å². The van der Waals surface area contributed by atoms with Gasteiger partial charge in [-0.3, -0.25) is 4.99 Å². The molecule has 0 unspecified atom stereocenters. The summed E-state index contributed by atoms with van der Waals surface area (Å²) >= 11 is 0. The fourth-order valence-corrected chi connectivity index (χ4v) is 4.52. The lowest BCUT2D eigenvalue weighted by molar-refractivity contribution is 0.446. The predicted octanol–water partition coefficient (Wildman–Crippen LogP) is 1.01. The Morgan fingerprint density at radius 1 is 1.11 bits per heavy atom. The molecule has 1 aromatic rings. The van der Waals surface area contributed by atoms with Gasteiger partial charge in [0.15, 0.2) is 15.8 Å². The molecule has 0 aliphatic carbocycles. The second-order valence-corrected chi connectivity index (χ2v) is 10.6. The maximum absolute atomic E-state index is 11.7. The van der Waals surface area contributed by atoms with E-state index in [4.69, 9.17) is 0 Å². The number of nitrogens with zero attached hydrogens (tertiary/aromatic N) is 1. The number of aryl methyl sites for hydroxylation is 1. The summed E-state index contributed by atoms with van der Waals surface area (Å²) in [4.78, 5) is 4.42. The minimum atomic E-state index is -3.31. The van der Waals surface area contributed by atoms with Crippen LogP contribution in [0.4, 0.5) is 0 Å². The third kappa shape index (κ3) is 9.72. The highest BCUT2D eigenvalue weighted by atomic mass is 127. The van der Waals surface area contributed by atoms with Crippen molar-refractivity contribution in [2.24, 2.45) is 4.99 Å². The summed E-state index contributed by atoms with van der Waals surface area (Å²) in [5.41, 5.74) is 0.915. The average Bonchev–Trinajstić information content (AvgIpc) is 2.43. The number of guanidine groups is 1. The lowest BCUT2D eigenvalue weighted by atomic mass is 10.1. The van der Waals surface area contributed by atoms with Crippen molar-refractivity contribution < 1.29 is 16.8 Å². The van der Waals surface area contributed by atoms with E-state index in [1.807, 2.05) is 6.07 Å². The molecule has 1 aromatic carbocycles. The van der Waals surface area contributed by atoms with Crippen molar-refractivity contribution >= 4 is 49.8 Å². The maximum Gasteiger partial charge on any atom is 0.209 e. The fourth-order valence-electron chi connectivity index (χ4n) is 2.49. The molecule has 0 aliphatic rings. The summed E-state index contributed by atoms with van der Waals surface area (Å²) < 4.78 is 48.6. The van der Waals surface area contributed by atoms with E-state index in [0.717, 1.165) is 11.8 Å². The summed E-state index contributed by atoms with van der Waals surface area (Å²) in [6, 6.07) is 5.15. The third-order valence-electron chi connectivity index (χ3n) is 3.48. The van der Waals surface area contributed by atoms with Crippen LogP contribution in [0, 0.1) is 6.92 Å². The molecule has 0 fully saturated rings. The van der Waals surface area contributed by atoms with Gasteiger partial charge < -0.3 is 10.6 Å². The first-order chi connectivity index (χ1) is 11.7. The molecule has 0 amide bonds. The van der Waals surface area contributed by atoms with Crippen LogP contribution in [0.2, 0.25) is 0 Å². The highest BCUT2D eigenvalue weighted by Crippen LogP contribution is 2.16. The van der Waals surface area contributed by atoms with Gasteiger partial charge in [-0.2, -0.15) is 0 Å². The number of aliphatic imine (C=N–C) groups is 1. The number of hydrogen-bond donors (Lipinski definition) is 3. The van der Waals surface area contributed by atoms with Crippen LogP contribution in [-0.4, -0.2) is 54.4 Å². The minimum absolute atomic E-state index is 0. The van der Waals surface area contributed by atoms with Crippen LogP contribution in [-0.2, 0) is 26.4 Å². The van der Waals surface area contributed by atoms with Crippen molar-refractivity contribution in [3.8, 4) is 0 Å². The number of sulfonamides is 1. The van der Waals surface area contributed by atoms with Crippen LogP contribution in [0.25, 0.3) is 0 Å². The van der Waals surface area contributed by atoms with Gasteiger partial charge in [0.25, 0.3) is 0 Å². The standard InChI is InChI=1S/C16H28N4O4S2.HI/c1-12-9-13(7-8-14(12)25(5,21)22)10-18-15(17-4)19-11-16(2,3)20-26(6,23)24;/h7-9,20H,10-11H2,1-6H3,(H2,17,18,19);1H. The van der Waals surface area contributed by atoms with Gasteiger partial charge in [0.05, 0.1) is 11.2 Å². The molecule has 3 N–H and O–H groups in total. The Labute approximate surface area is 179 Å². The first-order valence-electron chi connectivity index (χ1n) is 7.96. The molecule has 0 spiro atoms. The molecule has 0 bridgehead atoms. The van der Waals surface area contributed by atoms with Gasteiger partial charge in [-0.15, -0.1) is 24.0 Å². The van der Waals surface area contributed by atoms with Gasteiger partial charge in [0.1, 0.15) is 0 Å². The Morgan fingerprint density at radius 3 is 2.15 bits per heavy atom. The SMILES string of the molecule is CN=C(NCc1ccc(S(C)(=O)=O)c(C)c1)NCC(C)(C)NS(C)(=O)=O.I. The topological polar surface area (TPSA) is 117 Å². The zero-order valence-electron chi connectivity index (χ0n) is 16.5. The lowest BCUT2D eigenvalue weighted by Gasteiger charge is -2.26. The first-order valence-corrected chi connectivity index (χ1v) is 11.7. The smallest absolute Gasteiger partial charge is 0.209 e. The second-order valence-electron chi connectivity index (χ2n) is 6.91. The quantitative estimate of drug-likeness (QED) is 0.274. The van der Waals surface area contributed by atoms with Gasteiger partial charge in [-0.05, 0) is 38.0 Å². The monoisotopic (exact) mass is 532 g/mol. The Kier molecular flexibility index (Phi) is 9.69. The van der Waals surface area contributed by atoms with E-state index in [-0.39, 0.29) is 24.0 Å². The lowest BCUT2D eigenvalue weighted by Crippen LogP contribution is -2.52. The highest BCUT2D eigenvalue weighted by Gasteiger charge is 2.22. The molecule has 156 valence electrons. The number of sulfone groups is 1. The number of halogens is 1. The van der Waals surface area contributed by atoms with Gasteiger partial charge in [-0.1, -0.05) is 12.1 Å². The average molecular weight is 532 g/mol. The fraction of sp³-hybridized carbons (Fsp3) is 0.562. The Bertz CT molecular complexity index is 882. The molecular formula is C16H29IN4O4S2.